The highest BCUT2D eigenvalue weighted by molar-refractivity contribution is 5.97. The van der Waals surface area contributed by atoms with Crippen LogP contribution in [0.3, 0.4) is 0 Å². The molecule has 0 bridgehead atoms. The summed E-state index contributed by atoms with van der Waals surface area (Å²) in [4.78, 5) is 42.6. The monoisotopic (exact) mass is 436 g/mol. The van der Waals surface area contributed by atoms with Crippen LogP contribution in [-0.4, -0.2) is 45.9 Å². The van der Waals surface area contributed by atoms with Crippen LogP contribution in [0.15, 0.2) is 48.7 Å². The molecule has 0 unspecified atom stereocenters. The molecule has 4 amide bonds. The number of primary amides is 1. The van der Waals surface area contributed by atoms with Gasteiger partial charge in [0.15, 0.2) is 0 Å². The molecule has 168 valence electrons. The molecule has 1 aliphatic heterocycles. The van der Waals surface area contributed by atoms with E-state index in [1.807, 2.05) is 18.2 Å². The molecule has 8 nitrogen and oxygen atoms in total. The van der Waals surface area contributed by atoms with E-state index in [4.69, 9.17) is 10.5 Å². The molecule has 2 aliphatic rings. The van der Waals surface area contributed by atoms with Crippen molar-refractivity contribution in [3.63, 3.8) is 0 Å². The third-order valence-electron chi connectivity index (χ3n) is 6.18. The van der Waals surface area contributed by atoms with Gasteiger partial charge in [0.1, 0.15) is 11.7 Å². The number of hydrogen-bond donors (Lipinski definition) is 2. The van der Waals surface area contributed by atoms with Gasteiger partial charge in [0.05, 0.1) is 0 Å². The van der Waals surface area contributed by atoms with E-state index in [1.54, 1.807) is 18.3 Å². The first kappa shape index (κ1) is 21.8. The van der Waals surface area contributed by atoms with Crippen molar-refractivity contribution in [3.05, 3.63) is 59.8 Å². The number of imide groups is 1. The number of nitrogens with two attached hydrogens (primary N) is 1. The molecule has 1 atom stereocenters. The van der Waals surface area contributed by atoms with Crippen molar-refractivity contribution in [2.75, 3.05) is 0 Å². The molecular formula is C24H28N4O4. The van der Waals surface area contributed by atoms with E-state index in [0.29, 0.717) is 32.1 Å². The lowest BCUT2D eigenvalue weighted by Gasteiger charge is -2.39. The number of benzene rings is 1. The molecule has 2 fully saturated rings. The Morgan fingerprint density at radius 2 is 1.84 bits per heavy atom. The molecule has 0 spiro atoms. The van der Waals surface area contributed by atoms with Gasteiger partial charge in [-0.2, -0.15) is 0 Å². The Hall–Kier alpha value is -3.42. The van der Waals surface area contributed by atoms with Gasteiger partial charge in [-0.05, 0) is 56.2 Å². The Labute approximate surface area is 187 Å². The summed E-state index contributed by atoms with van der Waals surface area (Å²) >= 11 is 0. The fourth-order valence-corrected chi connectivity index (χ4v) is 4.50. The van der Waals surface area contributed by atoms with Crippen LogP contribution in [0.5, 0.6) is 5.88 Å². The van der Waals surface area contributed by atoms with Crippen molar-refractivity contribution in [2.45, 2.75) is 63.1 Å². The largest absolute Gasteiger partial charge is 0.474 e. The first-order valence-electron chi connectivity index (χ1n) is 11.1. The van der Waals surface area contributed by atoms with Gasteiger partial charge in [0.25, 0.3) is 5.91 Å². The standard InChI is InChI=1S/C24H28N4O4/c25-22(30)20-7-4-14-26-23(20)32-19-12-10-18(11-13-19)28-21(29)15-17(27-24(28)31)9-8-16-5-2-1-3-6-16/h1-7,14,17-19H,8-13,15H2,(H2,25,30)(H,27,31)/t17-,18-,19-/m0/s1. The van der Waals surface area contributed by atoms with Crippen LogP contribution in [0.2, 0.25) is 0 Å². The predicted octanol–water partition coefficient (Wildman–Crippen LogP) is 2.81. The van der Waals surface area contributed by atoms with Crippen LogP contribution in [-0.2, 0) is 11.2 Å². The van der Waals surface area contributed by atoms with E-state index in [1.165, 1.54) is 10.5 Å². The van der Waals surface area contributed by atoms with Gasteiger partial charge in [-0.25, -0.2) is 9.78 Å². The van der Waals surface area contributed by atoms with Crippen LogP contribution in [0.4, 0.5) is 4.79 Å². The molecule has 1 saturated carbocycles. The molecule has 32 heavy (non-hydrogen) atoms. The Balaban J connectivity index is 1.29. The minimum absolute atomic E-state index is 0.114. The van der Waals surface area contributed by atoms with E-state index in [-0.39, 0.29) is 41.6 Å². The van der Waals surface area contributed by atoms with Crippen molar-refractivity contribution in [1.82, 2.24) is 15.2 Å². The number of carbonyl (C=O) groups is 3. The number of amides is 4. The van der Waals surface area contributed by atoms with E-state index < -0.39 is 5.91 Å². The minimum Gasteiger partial charge on any atom is -0.474 e. The lowest BCUT2D eigenvalue weighted by Crippen LogP contribution is -2.58. The van der Waals surface area contributed by atoms with Crippen LogP contribution in [0.25, 0.3) is 0 Å². The van der Waals surface area contributed by atoms with Crippen molar-refractivity contribution >= 4 is 17.8 Å². The normalized spacial score (nSPS) is 23.5. The number of rotatable bonds is 7. The maximum absolute atomic E-state index is 12.8. The molecule has 0 radical (unpaired) electrons. The number of nitrogens with zero attached hydrogens (tertiary/aromatic N) is 2. The summed E-state index contributed by atoms with van der Waals surface area (Å²) in [6, 6.07) is 12.7. The third kappa shape index (κ3) is 5.07. The highest BCUT2D eigenvalue weighted by atomic mass is 16.5. The van der Waals surface area contributed by atoms with Gasteiger partial charge < -0.3 is 15.8 Å². The van der Waals surface area contributed by atoms with Crippen LogP contribution in [0.1, 0.15) is 54.4 Å². The van der Waals surface area contributed by atoms with Gasteiger partial charge in [0, 0.05) is 24.7 Å². The minimum atomic E-state index is -0.584. The number of ether oxygens (including phenoxy) is 1. The van der Waals surface area contributed by atoms with Gasteiger partial charge in [-0.1, -0.05) is 30.3 Å². The Morgan fingerprint density at radius 3 is 2.53 bits per heavy atom. The third-order valence-corrected chi connectivity index (χ3v) is 6.18. The average Bonchev–Trinajstić information content (AvgIpc) is 2.79. The zero-order valence-corrected chi connectivity index (χ0v) is 17.9. The zero-order chi connectivity index (χ0) is 22.5. The van der Waals surface area contributed by atoms with Gasteiger partial charge in [-0.15, -0.1) is 0 Å². The van der Waals surface area contributed by atoms with Crippen LogP contribution in [0, 0.1) is 0 Å². The molecular weight excluding hydrogens is 408 g/mol. The second-order valence-corrected chi connectivity index (χ2v) is 8.41. The summed E-state index contributed by atoms with van der Waals surface area (Å²) in [5.41, 5.74) is 6.84. The van der Waals surface area contributed by atoms with E-state index in [2.05, 4.69) is 22.4 Å². The van der Waals surface area contributed by atoms with Gasteiger partial charge >= 0.3 is 6.03 Å². The van der Waals surface area contributed by atoms with Gasteiger partial charge in [0.2, 0.25) is 11.8 Å². The number of hydrogen-bond acceptors (Lipinski definition) is 5. The topological polar surface area (TPSA) is 115 Å². The Bertz CT molecular complexity index is 955. The smallest absolute Gasteiger partial charge is 0.324 e. The molecule has 1 aromatic carbocycles. The first-order chi connectivity index (χ1) is 15.5. The summed E-state index contributed by atoms with van der Waals surface area (Å²) in [5.74, 6) is -0.465. The molecule has 2 heterocycles. The Morgan fingerprint density at radius 1 is 1.09 bits per heavy atom. The number of urea groups is 1. The SMILES string of the molecule is NC(=O)c1cccnc1O[C@H]1CC[C@H](N2C(=O)C[C@H](CCc3ccccc3)NC2=O)CC1. The molecule has 1 aromatic heterocycles. The number of pyridine rings is 1. The lowest BCUT2D eigenvalue weighted by atomic mass is 9.90. The summed E-state index contributed by atoms with van der Waals surface area (Å²) < 4.78 is 5.91. The average molecular weight is 437 g/mol. The first-order valence-corrected chi connectivity index (χ1v) is 11.1. The Kier molecular flexibility index (Phi) is 6.68. The summed E-state index contributed by atoms with van der Waals surface area (Å²) in [6.45, 7) is 0. The van der Waals surface area contributed by atoms with Crippen LogP contribution < -0.4 is 15.8 Å². The van der Waals surface area contributed by atoms with Crippen LogP contribution >= 0.6 is 0 Å². The van der Waals surface area contributed by atoms with E-state index >= 15 is 0 Å². The second-order valence-electron chi connectivity index (χ2n) is 8.41. The van der Waals surface area contributed by atoms with E-state index in [0.717, 1.165) is 12.8 Å². The summed E-state index contributed by atoms with van der Waals surface area (Å²) in [6.07, 6.45) is 5.92. The second kappa shape index (κ2) is 9.80. The molecule has 1 aliphatic carbocycles. The van der Waals surface area contributed by atoms with Gasteiger partial charge in [-0.3, -0.25) is 14.5 Å². The predicted molar refractivity (Wildman–Crippen MR) is 118 cm³/mol. The highest BCUT2D eigenvalue weighted by Gasteiger charge is 2.38. The number of aromatic nitrogens is 1. The molecule has 1 saturated heterocycles. The summed E-state index contributed by atoms with van der Waals surface area (Å²) in [5, 5.41) is 3.01. The van der Waals surface area contributed by atoms with Crippen molar-refractivity contribution < 1.29 is 19.1 Å². The van der Waals surface area contributed by atoms with Crippen molar-refractivity contribution in [2.24, 2.45) is 5.73 Å². The number of aryl methyl sites for hydroxylation is 1. The highest BCUT2D eigenvalue weighted by Crippen LogP contribution is 2.29. The molecule has 8 heteroatoms. The zero-order valence-electron chi connectivity index (χ0n) is 17.9. The fourth-order valence-electron chi connectivity index (χ4n) is 4.50. The quantitative estimate of drug-likeness (QED) is 0.693. The summed E-state index contributed by atoms with van der Waals surface area (Å²) in [7, 11) is 0. The van der Waals surface area contributed by atoms with Crippen molar-refractivity contribution in [3.8, 4) is 5.88 Å². The molecule has 2 aromatic rings. The molecule has 4 rings (SSSR count). The number of nitrogens with one attached hydrogen (secondary N) is 1. The van der Waals surface area contributed by atoms with E-state index in [9.17, 15) is 14.4 Å². The lowest BCUT2D eigenvalue weighted by molar-refractivity contribution is -0.133. The number of carbonyl (C=O) groups excluding carboxylic acids is 3. The van der Waals surface area contributed by atoms with Crippen molar-refractivity contribution in [1.29, 1.82) is 0 Å². The molecule has 3 N–H and O–H groups in total. The maximum atomic E-state index is 12.8. The maximum Gasteiger partial charge on any atom is 0.324 e. The fraction of sp³-hybridized carbons (Fsp3) is 0.417.